The van der Waals surface area contributed by atoms with E-state index in [9.17, 15) is 4.79 Å². The van der Waals surface area contributed by atoms with E-state index in [1.54, 1.807) is 0 Å². The Kier molecular flexibility index (Phi) is 1.88. The molecule has 0 bridgehead atoms. The van der Waals surface area contributed by atoms with Crippen LogP contribution in [0.25, 0.3) is 4.48 Å². The third kappa shape index (κ3) is 1.06. The molecule has 12 heavy (non-hydrogen) atoms. The van der Waals surface area contributed by atoms with Crippen molar-refractivity contribution in [1.29, 1.82) is 0 Å². The summed E-state index contributed by atoms with van der Waals surface area (Å²) in [5, 5.41) is 1.57. The Morgan fingerprint density at radius 2 is 2.00 bits per heavy atom. The maximum Gasteiger partial charge on any atom is 0.285 e. The van der Waals surface area contributed by atoms with E-state index in [1.807, 2.05) is 18.2 Å². The topological polar surface area (TPSA) is 29.4 Å². The Hall–Kier alpha value is -0.480. The summed E-state index contributed by atoms with van der Waals surface area (Å²) in [6.07, 6.45) is 0. The molecule has 0 radical (unpaired) electrons. The highest BCUT2D eigenvalue weighted by atomic mass is 79.9. The first-order chi connectivity index (χ1) is 5.70. The summed E-state index contributed by atoms with van der Waals surface area (Å²) < 4.78 is 1.42. The van der Waals surface area contributed by atoms with Crippen LogP contribution >= 0.6 is 31.9 Å². The molecule has 0 saturated heterocycles. The van der Waals surface area contributed by atoms with Crippen LogP contribution < -0.4 is 10.6 Å². The average molecular weight is 289 g/mol. The number of fused-ring (bicyclic) bond motifs is 1. The normalized spacial score (nSPS) is 14.5. The van der Waals surface area contributed by atoms with E-state index in [-0.39, 0.29) is 5.91 Å². The first kappa shape index (κ1) is 8.13. The molecule has 0 fully saturated rings. The third-order valence-electron chi connectivity index (χ3n) is 1.62. The molecule has 0 saturated carbocycles. The fourth-order valence-corrected chi connectivity index (χ4v) is 2.41. The minimum absolute atomic E-state index is 0.211. The molecule has 1 aromatic carbocycles. The zero-order chi connectivity index (χ0) is 8.72. The van der Waals surface area contributed by atoms with Crippen LogP contribution in [-0.2, 0) is 4.79 Å². The zero-order valence-corrected chi connectivity index (χ0v) is 9.02. The van der Waals surface area contributed by atoms with Crippen LogP contribution in [0.2, 0.25) is 0 Å². The van der Waals surface area contributed by atoms with Crippen LogP contribution in [0.1, 0.15) is 0 Å². The molecule has 0 aliphatic carbocycles. The van der Waals surface area contributed by atoms with Gasteiger partial charge in [-0.2, -0.15) is 0 Å². The lowest BCUT2D eigenvalue weighted by Gasteiger charge is -1.88. The lowest BCUT2D eigenvalue weighted by molar-refractivity contribution is -0.112. The second kappa shape index (κ2) is 2.78. The largest absolute Gasteiger partial charge is 0.285 e. The van der Waals surface area contributed by atoms with Crippen LogP contribution in [0.3, 0.4) is 0 Å². The molecule has 1 heterocycles. The molecule has 1 aromatic rings. The van der Waals surface area contributed by atoms with Crippen molar-refractivity contribution in [2.24, 2.45) is 4.99 Å². The number of carbonyl (C=O) groups is 1. The van der Waals surface area contributed by atoms with Crippen molar-refractivity contribution < 1.29 is 4.79 Å². The summed E-state index contributed by atoms with van der Waals surface area (Å²) in [6.45, 7) is 0. The Morgan fingerprint density at radius 1 is 1.25 bits per heavy atom. The van der Waals surface area contributed by atoms with E-state index in [0.29, 0.717) is 4.48 Å². The summed E-state index contributed by atoms with van der Waals surface area (Å²) in [4.78, 5) is 15.0. The van der Waals surface area contributed by atoms with Gasteiger partial charge >= 0.3 is 0 Å². The number of nitrogens with zero attached hydrogens (tertiary/aromatic N) is 1. The number of hydrogen-bond donors (Lipinski definition) is 0. The molecule has 0 unspecified atom stereocenters. The third-order valence-corrected chi connectivity index (χ3v) is 3.02. The first-order valence-corrected chi connectivity index (χ1v) is 4.86. The Bertz CT molecular complexity index is 478. The van der Waals surface area contributed by atoms with Crippen LogP contribution in [0.5, 0.6) is 0 Å². The van der Waals surface area contributed by atoms with Gasteiger partial charge in [-0.25, -0.2) is 4.99 Å². The van der Waals surface area contributed by atoms with Crippen molar-refractivity contribution in [3.63, 3.8) is 0 Å². The molecule has 60 valence electrons. The predicted octanol–water partition coefficient (Wildman–Crippen LogP) is 1.11. The van der Waals surface area contributed by atoms with Crippen LogP contribution in [0, 0.1) is 0 Å². The van der Waals surface area contributed by atoms with Gasteiger partial charge in [0.15, 0.2) is 0 Å². The van der Waals surface area contributed by atoms with Gasteiger partial charge < -0.3 is 0 Å². The van der Waals surface area contributed by atoms with Gasteiger partial charge in [-0.05, 0) is 28.1 Å². The Labute approximate surface area is 85.3 Å². The van der Waals surface area contributed by atoms with E-state index in [2.05, 4.69) is 36.9 Å². The highest BCUT2D eigenvalue weighted by Gasteiger charge is 2.14. The minimum Gasteiger partial charge on any atom is -0.266 e. The van der Waals surface area contributed by atoms with Gasteiger partial charge in [-0.3, -0.25) is 4.79 Å². The van der Waals surface area contributed by atoms with Gasteiger partial charge in [-0.1, -0.05) is 22.0 Å². The van der Waals surface area contributed by atoms with Gasteiger partial charge in [0.2, 0.25) is 0 Å². The van der Waals surface area contributed by atoms with E-state index in [1.165, 1.54) is 0 Å². The van der Waals surface area contributed by atoms with E-state index in [4.69, 9.17) is 0 Å². The van der Waals surface area contributed by atoms with Crippen LogP contribution in [0.15, 0.2) is 27.7 Å². The second-order valence-electron chi connectivity index (χ2n) is 2.36. The first-order valence-electron chi connectivity index (χ1n) is 3.27. The van der Waals surface area contributed by atoms with Gasteiger partial charge in [0, 0.05) is 9.69 Å². The molecular weight excluding hydrogens is 286 g/mol. The SMILES string of the molecule is O=C1N=c2cccc(Br)c2=C1Br. The van der Waals surface area contributed by atoms with Crippen molar-refractivity contribution in [3.05, 3.63) is 33.2 Å². The predicted molar refractivity (Wildman–Crippen MR) is 52.3 cm³/mol. The van der Waals surface area contributed by atoms with Gasteiger partial charge in [0.1, 0.15) is 0 Å². The quantitative estimate of drug-likeness (QED) is 0.703. The molecular formula is C8H3Br2NO. The van der Waals surface area contributed by atoms with Crippen LogP contribution in [-0.4, -0.2) is 5.91 Å². The smallest absolute Gasteiger partial charge is 0.266 e. The number of benzene rings is 1. The fourth-order valence-electron chi connectivity index (χ4n) is 1.09. The summed E-state index contributed by atoms with van der Waals surface area (Å²) in [5.74, 6) is -0.211. The molecule has 1 aliphatic heterocycles. The number of amides is 1. The summed E-state index contributed by atoms with van der Waals surface area (Å²) in [6, 6.07) is 5.55. The van der Waals surface area contributed by atoms with Gasteiger partial charge in [0.05, 0.1) is 9.84 Å². The molecule has 0 atom stereocenters. The molecule has 2 nitrogen and oxygen atoms in total. The molecule has 2 rings (SSSR count). The van der Waals surface area contributed by atoms with Crippen LogP contribution in [0.4, 0.5) is 0 Å². The monoisotopic (exact) mass is 287 g/mol. The number of carbonyl (C=O) groups excluding carboxylic acids is 1. The van der Waals surface area contributed by atoms with Crippen molar-refractivity contribution >= 4 is 42.2 Å². The van der Waals surface area contributed by atoms with E-state index >= 15 is 0 Å². The standard InChI is InChI=1S/C8H3Br2NO/c9-4-2-1-3-5-6(4)7(10)8(12)11-5/h1-3H. The summed E-state index contributed by atoms with van der Waals surface area (Å²) in [7, 11) is 0. The van der Waals surface area contributed by atoms with E-state index in [0.717, 1.165) is 15.0 Å². The van der Waals surface area contributed by atoms with Gasteiger partial charge in [-0.15, -0.1) is 0 Å². The van der Waals surface area contributed by atoms with Gasteiger partial charge in [0.25, 0.3) is 5.91 Å². The molecule has 0 aromatic heterocycles. The number of hydrogen-bond acceptors (Lipinski definition) is 1. The average Bonchev–Trinajstić information content (AvgIpc) is 2.29. The van der Waals surface area contributed by atoms with Crippen molar-refractivity contribution in [1.82, 2.24) is 0 Å². The van der Waals surface area contributed by atoms with Crippen molar-refractivity contribution in [3.8, 4) is 0 Å². The molecule has 4 heteroatoms. The molecule has 0 N–H and O–H groups in total. The summed E-state index contributed by atoms with van der Waals surface area (Å²) in [5.41, 5.74) is 0. The second-order valence-corrected chi connectivity index (χ2v) is 4.01. The minimum atomic E-state index is -0.211. The highest BCUT2D eigenvalue weighted by molar-refractivity contribution is 9.15. The summed E-state index contributed by atoms with van der Waals surface area (Å²) >= 11 is 6.55. The maximum absolute atomic E-state index is 11.1. The number of halogens is 2. The lowest BCUT2D eigenvalue weighted by Crippen LogP contribution is -2.22. The molecule has 1 amide bonds. The lowest BCUT2D eigenvalue weighted by atomic mass is 10.3. The Morgan fingerprint density at radius 3 is 2.67 bits per heavy atom. The fraction of sp³-hybridized carbons (Fsp3) is 0. The molecule has 1 aliphatic rings. The Balaban J connectivity index is 3.04. The number of rotatable bonds is 0. The van der Waals surface area contributed by atoms with E-state index < -0.39 is 0 Å². The highest BCUT2D eigenvalue weighted by Crippen LogP contribution is 2.11. The molecule has 0 spiro atoms. The maximum atomic E-state index is 11.1. The van der Waals surface area contributed by atoms with Crippen molar-refractivity contribution in [2.75, 3.05) is 0 Å². The van der Waals surface area contributed by atoms with Crippen molar-refractivity contribution in [2.45, 2.75) is 0 Å². The zero-order valence-electron chi connectivity index (χ0n) is 5.84.